The van der Waals surface area contributed by atoms with Gasteiger partial charge in [0.25, 0.3) is 0 Å². The second kappa shape index (κ2) is 3.39. The second-order valence-corrected chi connectivity index (χ2v) is 4.13. The molecule has 0 radical (unpaired) electrons. The molecule has 1 aromatic heterocycles. The van der Waals surface area contributed by atoms with Crippen LogP contribution in [0.5, 0.6) is 0 Å². The normalized spacial score (nSPS) is 19.9. The SMILES string of the molecule is FC(F)(F)C(F)(F)C(F)(F)C1(n2cccn2)CC1. The fraction of sp³-hybridized carbons (Fsp3) is 0.667. The van der Waals surface area contributed by atoms with Crippen molar-refractivity contribution in [2.75, 3.05) is 0 Å². The minimum atomic E-state index is -6.31. The molecule has 2 rings (SSSR count). The predicted octanol–water partition coefficient (Wildman–Crippen LogP) is 3.21. The second-order valence-electron chi connectivity index (χ2n) is 4.13. The summed E-state index contributed by atoms with van der Waals surface area (Å²) < 4.78 is 89.7. The molecule has 0 amide bonds. The lowest BCUT2D eigenvalue weighted by Gasteiger charge is -2.34. The Kier molecular flexibility index (Phi) is 2.47. The number of hydrogen-bond acceptors (Lipinski definition) is 1. The summed E-state index contributed by atoms with van der Waals surface area (Å²) in [7, 11) is 0. The first-order chi connectivity index (χ1) is 8.06. The van der Waals surface area contributed by atoms with Crippen LogP contribution in [-0.2, 0) is 5.54 Å². The van der Waals surface area contributed by atoms with E-state index in [-0.39, 0.29) is 0 Å². The van der Waals surface area contributed by atoms with Gasteiger partial charge in [-0.25, -0.2) is 0 Å². The van der Waals surface area contributed by atoms with Crippen molar-refractivity contribution in [3.8, 4) is 0 Å². The molecule has 1 heterocycles. The Morgan fingerprint density at radius 3 is 1.89 bits per heavy atom. The Morgan fingerprint density at radius 2 is 1.56 bits per heavy atom. The molecular weight excluding hydrogens is 269 g/mol. The van der Waals surface area contributed by atoms with E-state index in [4.69, 9.17) is 0 Å². The molecular formula is C9H7F7N2. The zero-order chi connectivity index (χ0) is 13.8. The first-order valence-electron chi connectivity index (χ1n) is 4.89. The molecule has 2 nitrogen and oxygen atoms in total. The van der Waals surface area contributed by atoms with Gasteiger partial charge in [0.2, 0.25) is 0 Å². The molecule has 1 fully saturated rings. The molecule has 0 atom stereocenters. The summed E-state index contributed by atoms with van der Waals surface area (Å²) in [4.78, 5) is 0. The number of hydrogen-bond donors (Lipinski definition) is 0. The van der Waals surface area contributed by atoms with E-state index in [0.717, 1.165) is 12.4 Å². The van der Waals surface area contributed by atoms with E-state index < -0.39 is 36.4 Å². The van der Waals surface area contributed by atoms with E-state index in [1.807, 2.05) is 0 Å². The fourth-order valence-electron chi connectivity index (χ4n) is 1.80. The number of rotatable bonds is 3. The first kappa shape index (κ1) is 13.2. The third-order valence-corrected chi connectivity index (χ3v) is 3.00. The maximum atomic E-state index is 13.6. The fourth-order valence-corrected chi connectivity index (χ4v) is 1.80. The summed E-state index contributed by atoms with van der Waals surface area (Å²) in [6, 6.07) is 1.18. The van der Waals surface area contributed by atoms with Gasteiger partial charge in [0.15, 0.2) is 0 Å². The zero-order valence-electron chi connectivity index (χ0n) is 8.69. The average Bonchev–Trinajstić information content (AvgIpc) is 2.86. The van der Waals surface area contributed by atoms with Crippen molar-refractivity contribution in [3.05, 3.63) is 18.5 Å². The Bertz CT molecular complexity index is 430. The van der Waals surface area contributed by atoms with Crippen LogP contribution in [0.25, 0.3) is 0 Å². The van der Waals surface area contributed by atoms with Crippen LogP contribution in [0, 0.1) is 0 Å². The summed E-state index contributed by atoms with van der Waals surface area (Å²) in [6.45, 7) is 0. The highest BCUT2D eigenvalue weighted by molar-refractivity contribution is 5.15. The zero-order valence-corrected chi connectivity index (χ0v) is 8.69. The van der Waals surface area contributed by atoms with Crippen molar-refractivity contribution in [3.63, 3.8) is 0 Å². The summed E-state index contributed by atoms with van der Waals surface area (Å²) >= 11 is 0. The van der Waals surface area contributed by atoms with Gasteiger partial charge in [-0.2, -0.15) is 35.8 Å². The average molecular weight is 276 g/mol. The van der Waals surface area contributed by atoms with Crippen molar-refractivity contribution in [2.45, 2.75) is 36.4 Å². The van der Waals surface area contributed by atoms with Gasteiger partial charge in [-0.1, -0.05) is 0 Å². The molecule has 18 heavy (non-hydrogen) atoms. The number of aromatic nitrogens is 2. The highest BCUT2D eigenvalue weighted by Gasteiger charge is 2.83. The standard InChI is InChI=1S/C9H7F7N2/c10-7(11,8(12,13)9(14,15)16)6(2-3-6)18-5-1-4-17-18/h1,4-5H,2-3H2. The third-order valence-electron chi connectivity index (χ3n) is 3.00. The van der Waals surface area contributed by atoms with E-state index in [9.17, 15) is 30.7 Å². The van der Waals surface area contributed by atoms with Crippen molar-refractivity contribution >= 4 is 0 Å². The molecule has 0 saturated heterocycles. The Balaban J connectivity index is 2.44. The number of halogens is 7. The summed E-state index contributed by atoms with van der Waals surface area (Å²) in [6.07, 6.45) is -5.27. The predicted molar refractivity (Wildman–Crippen MR) is 45.4 cm³/mol. The van der Waals surface area contributed by atoms with E-state index in [1.54, 1.807) is 0 Å². The van der Waals surface area contributed by atoms with Crippen LogP contribution in [0.4, 0.5) is 30.7 Å². The number of nitrogens with zero attached hydrogens (tertiary/aromatic N) is 2. The lowest BCUT2D eigenvalue weighted by molar-refractivity contribution is -0.368. The molecule has 9 heteroatoms. The summed E-state index contributed by atoms with van der Waals surface area (Å²) in [5.74, 6) is -11.3. The van der Waals surface area contributed by atoms with Gasteiger partial charge >= 0.3 is 18.0 Å². The Hall–Kier alpha value is -1.28. The molecule has 102 valence electrons. The molecule has 0 aliphatic heterocycles. The van der Waals surface area contributed by atoms with Crippen LogP contribution in [0.15, 0.2) is 18.5 Å². The molecule has 0 N–H and O–H groups in total. The van der Waals surface area contributed by atoms with Crippen LogP contribution in [-0.4, -0.2) is 27.8 Å². The molecule has 0 spiro atoms. The molecule has 1 aliphatic carbocycles. The van der Waals surface area contributed by atoms with Gasteiger partial charge in [-0.15, -0.1) is 0 Å². The van der Waals surface area contributed by atoms with Crippen LogP contribution >= 0.6 is 0 Å². The smallest absolute Gasteiger partial charge is 0.260 e. The lowest BCUT2D eigenvalue weighted by atomic mass is 10.0. The molecule has 0 unspecified atom stereocenters. The van der Waals surface area contributed by atoms with Gasteiger partial charge in [0.1, 0.15) is 5.54 Å². The minimum absolute atomic E-state index is 0.479. The first-order valence-corrected chi connectivity index (χ1v) is 4.89. The third kappa shape index (κ3) is 1.45. The van der Waals surface area contributed by atoms with Crippen molar-refractivity contribution < 1.29 is 30.7 Å². The van der Waals surface area contributed by atoms with Crippen LogP contribution in [0.1, 0.15) is 12.8 Å². The van der Waals surface area contributed by atoms with Gasteiger partial charge in [-0.3, -0.25) is 4.68 Å². The lowest BCUT2D eigenvalue weighted by Crippen LogP contribution is -2.59. The van der Waals surface area contributed by atoms with Gasteiger partial charge < -0.3 is 0 Å². The van der Waals surface area contributed by atoms with E-state index in [0.29, 0.717) is 4.68 Å². The van der Waals surface area contributed by atoms with Crippen molar-refractivity contribution in [2.24, 2.45) is 0 Å². The highest BCUT2D eigenvalue weighted by Crippen LogP contribution is 2.62. The molecule has 1 aliphatic rings. The maximum Gasteiger partial charge on any atom is 0.459 e. The quantitative estimate of drug-likeness (QED) is 0.775. The van der Waals surface area contributed by atoms with Crippen LogP contribution in [0.2, 0.25) is 0 Å². The Morgan fingerprint density at radius 1 is 1.00 bits per heavy atom. The summed E-state index contributed by atoms with van der Waals surface area (Å²) in [5.41, 5.74) is -2.59. The summed E-state index contributed by atoms with van der Waals surface area (Å²) in [5, 5.41) is 3.35. The molecule has 1 aromatic rings. The van der Waals surface area contributed by atoms with Crippen molar-refractivity contribution in [1.82, 2.24) is 9.78 Å². The number of alkyl halides is 7. The monoisotopic (exact) mass is 276 g/mol. The van der Waals surface area contributed by atoms with E-state index in [1.165, 1.54) is 6.07 Å². The minimum Gasteiger partial charge on any atom is -0.260 e. The topological polar surface area (TPSA) is 17.8 Å². The van der Waals surface area contributed by atoms with Crippen molar-refractivity contribution in [1.29, 1.82) is 0 Å². The van der Waals surface area contributed by atoms with Crippen LogP contribution < -0.4 is 0 Å². The maximum absolute atomic E-state index is 13.6. The molecule has 0 bridgehead atoms. The van der Waals surface area contributed by atoms with Crippen LogP contribution in [0.3, 0.4) is 0 Å². The van der Waals surface area contributed by atoms with Gasteiger partial charge in [0.05, 0.1) is 0 Å². The highest BCUT2D eigenvalue weighted by atomic mass is 19.4. The molecule has 0 aromatic carbocycles. The van der Waals surface area contributed by atoms with Gasteiger partial charge in [-0.05, 0) is 18.9 Å². The van der Waals surface area contributed by atoms with E-state index in [2.05, 4.69) is 5.10 Å². The van der Waals surface area contributed by atoms with Gasteiger partial charge in [0, 0.05) is 12.4 Å². The largest absolute Gasteiger partial charge is 0.459 e. The Labute approximate surface area is 96.4 Å². The van der Waals surface area contributed by atoms with E-state index >= 15 is 0 Å². The molecule has 1 saturated carbocycles.